The van der Waals surface area contributed by atoms with Gasteiger partial charge in [0.25, 0.3) is 0 Å². The van der Waals surface area contributed by atoms with Crippen LogP contribution in [0.4, 0.5) is 0 Å². The highest BCUT2D eigenvalue weighted by Gasteiger charge is 2.23. The van der Waals surface area contributed by atoms with Crippen LogP contribution in [-0.2, 0) is 0 Å². The minimum atomic E-state index is 0.946. The summed E-state index contributed by atoms with van der Waals surface area (Å²) in [6.45, 7) is 0. The predicted molar refractivity (Wildman–Crippen MR) is 546 cm³/mol. The highest BCUT2D eigenvalue weighted by Crippen LogP contribution is 2.45. The number of hydrogen-bond donors (Lipinski definition) is 0. The molecule has 0 spiro atoms. The lowest BCUT2D eigenvalue weighted by Gasteiger charge is -2.14. The van der Waals surface area contributed by atoms with Crippen molar-refractivity contribution in [2.45, 2.75) is 0 Å². The number of hydrogen-bond acceptors (Lipinski definition) is 2. The molecule has 6 heteroatoms. The van der Waals surface area contributed by atoms with Gasteiger partial charge in [-0.3, -0.25) is 0 Å². The van der Waals surface area contributed by atoms with Crippen LogP contribution >= 0.6 is 0 Å². The second kappa shape index (κ2) is 32.7. The smallest absolute Gasteiger partial charge is 0.0715 e. The van der Waals surface area contributed by atoms with Crippen LogP contribution < -0.4 is 0 Å². The molecule has 0 radical (unpaired) electrons. The Labute approximate surface area is 753 Å². The molecule has 25 aromatic rings. The molecule has 19 aromatic carbocycles. The van der Waals surface area contributed by atoms with E-state index in [0.717, 1.165) is 78.9 Å². The first-order chi connectivity index (χ1) is 64.4. The molecular weight excluding hydrogens is 1570 g/mol. The number of para-hydroxylation sites is 4. The van der Waals surface area contributed by atoms with Gasteiger partial charge in [-0.2, -0.15) is 0 Å². The molecule has 608 valence electrons. The SMILES string of the molecule is c1ccc(-c2cc(-c3ccccc3)cc(-n3c4ccccc4c4cc(-c5ccc6c(c5)c5ccccc5n6-c5ccc(-c6cc(-c7ccccc7)cc(-c7ccccc7)n6)cc5)ccc43)c2)cc1.c1ccc(-c2cccc(-n3c4ccccc4c4cc(-c5ccc6c(c5)c5ccccc5n6-c5ccc(-c6cc(-c7ccccc7)cc(-c7ccccc7)n6)cc5)ccc43)c2)cc1. The molecule has 0 fully saturated rings. The molecule has 0 amide bonds. The number of benzene rings is 19. The minimum Gasteiger partial charge on any atom is -0.309 e. The topological polar surface area (TPSA) is 45.5 Å². The second-order valence-electron chi connectivity index (χ2n) is 33.6. The molecule has 6 aromatic heterocycles. The van der Waals surface area contributed by atoms with Crippen molar-refractivity contribution in [2.24, 2.45) is 0 Å². The Morgan fingerprint density at radius 1 is 0.108 bits per heavy atom. The van der Waals surface area contributed by atoms with E-state index >= 15 is 0 Å². The summed E-state index contributed by atoms with van der Waals surface area (Å²) in [5, 5.41) is 9.85. The maximum Gasteiger partial charge on any atom is 0.0715 e. The fourth-order valence-corrected chi connectivity index (χ4v) is 19.5. The van der Waals surface area contributed by atoms with E-state index < -0.39 is 0 Å². The third-order valence-corrected chi connectivity index (χ3v) is 25.8. The molecule has 6 heterocycles. The maximum atomic E-state index is 5.20. The average Bonchev–Trinajstić information content (AvgIpc) is 1.58. The van der Waals surface area contributed by atoms with Gasteiger partial charge < -0.3 is 18.3 Å². The van der Waals surface area contributed by atoms with Gasteiger partial charge >= 0.3 is 0 Å². The van der Waals surface area contributed by atoms with Gasteiger partial charge in [-0.25, -0.2) is 9.97 Å². The van der Waals surface area contributed by atoms with Crippen LogP contribution in [0, 0.1) is 0 Å². The Hall–Kier alpha value is -17.3. The summed E-state index contributed by atoms with van der Waals surface area (Å²) in [6, 6.07) is 179. The molecule has 0 atom stereocenters. The fourth-order valence-electron chi connectivity index (χ4n) is 19.5. The van der Waals surface area contributed by atoms with E-state index in [9.17, 15) is 0 Å². The Morgan fingerprint density at radius 2 is 0.315 bits per heavy atom. The quantitative estimate of drug-likeness (QED) is 0.103. The Bertz CT molecular complexity index is 8420. The van der Waals surface area contributed by atoms with Crippen LogP contribution in [-0.4, -0.2) is 28.2 Å². The molecular formula is C124H82N6. The van der Waals surface area contributed by atoms with Crippen molar-refractivity contribution < 1.29 is 0 Å². The van der Waals surface area contributed by atoms with Gasteiger partial charge in [-0.15, -0.1) is 0 Å². The van der Waals surface area contributed by atoms with Crippen LogP contribution in [0.1, 0.15) is 0 Å². The number of fused-ring (bicyclic) bond motifs is 12. The van der Waals surface area contributed by atoms with E-state index in [-0.39, 0.29) is 0 Å². The van der Waals surface area contributed by atoms with Crippen LogP contribution in [0.2, 0.25) is 0 Å². The van der Waals surface area contributed by atoms with E-state index in [0.29, 0.717) is 0 Å². The summed E-state index contributed by atoms with van der Waals surface area (Å²) in [5.41, 5.74) is 38.7. The third kappa shape index (κ3) is 14.0. The fraction of sp³-hybridized carbons (Fsp3) is 0. The van der Waals surface area contributed by atoms with Crippen LogP contribution in [0.3, 0.4) is 0 Å². The summed E-state index contributed by atoms with van der Waals surface area (Å²) in [5.74, 6) is 0. The predicted octanol–water partition coefficient (Wildman–Crippen LogP) is 32.9. The van der Waals surface area contributed by atoms with Gasteiger partial charge in [0.15, 0.2) is 0 Å². The van der Waals surface area contributed by atoms with Gasteiger partial charge in [0.1, 0.15) is 0 Å². The van der Waals surface area contributed by atoms with E-state index in [1.54, 1.807) is 0 Å². The normalized spacial score (nSPS) is 11.5. The molecule has 6 nitrogen and oxygen atoms in total. The summed E-state index contributed by atoms with van der Waals surface area (Å²) < 4.78 is 9.63. The van der Waals surface area contributed by atoms with Gasteiger partial charge in [0, 0.05) is 88.1 Å². The van der Waals surface area contributed by atoms with Crippen LogP contribution in [0.15, 0.2) is 497 Å². The van der Waals surface area contributed by atoms with Crippen molar-refractivity contribution in [3.05, 3.63) is 497 Å². The average molecular weight is 1660 g/mol. The van der Waals surface area contributed by atoms with Crippen LogP contribution in [0.25, 0.3) is 233 Å². The molecule has 0 bridgehead atoms. The van der Waals surface area contributed by atoms with Gasteiger partial charge in [-0.1, -0.05) is 346 Å². The Balaban J connectivity index is 0.000000145. The number of aromatic nitrogens is 6. The van der Waals surface area contributed by atoms with Crippen molar-refractivity contribution in [3.63, 3.8) is 0 Å². The molecule has 0 aliphatic carbocycles. The van der Waals surface area contributed by atoms with E-state index in [4.69, 9.17) is 9.97 Å². The first-order valence-electron chi connectivity index (χ1n) is 44.5. The van der Waals surface area contributed by atoms with Crippen molar-refractivity contribution >= 4 is 87.2 Å². The summed E-state index contributed by atoms with van der Waals surface area (Å²) in [7, 11) is 0. The molecule has 0 saturated carbocycles. The molecule has 130 heavy (non-hydrogen) atoms. The zero-order valence-electron chi connectivity index (χ0n) is 71.0. The van der Waals surface area contributed by atoms with Gasteiger partial charge in [-0.05, 0) is 230 Å². The highest BCUT2D eigenvalue weighted by molar-refractivity contribution is 6.15. The summed E-state index contributed by atoms with van der Waals surface area (Å²) in [6.07, 6.45) is 0. The minimum absolute atomic E-state index is 0.946. The van der Waals surface area contributed by atoms with E-state index in [2.05, 4.69) is 504 Å². The molecule has 0 aliphatic heterocycles. The lowest BCUT2D eigenvalue weighted by molar-refractivity contribution is 1.18. The first kappa shape index (κ1) is 76.3. The van der Waals surface area contributed by atoms with Crippen molar-refractivity contribution in [1.82, 2.24) is 28.2 Å². The Morgan fingerprint density at radius 3 is 0.623 bits per heavy atom. The standard InChI is InChI=1S/C65H43N3.C59H39N3/c1-5-17-44(18-6-1)51-37-52(45-19-7-2-8-20-45)39-55(38-51)68-63-28-16-14-26-57(63)59-41-50(32-36-65(59)68)49-31-35-64-58(40-49)56-25-13-15-27-62(56)67(64)54-33-29-48(30-34-54)61-43-53(46-21-9-3-10-22-46)42-60(66-61)47-23-11-4-12-24-47;1-4-15-40(16-5-1)44-21-14-22-49(35-44)62-57-26-13-11-24-51(57)53-37-46(30-34-59(53)62)45-29-33-58-52(36-45)50-23-10-12-25-56(50)61(58)48-31-27-43(28-32-48)55-39-47(41-17-6-2-7-18-41)38-54(60-55)42-19-8-3-9-20-42/h1-43H;1-39H. The van der Waals surface area contributed by atoms with Crippen molar-refractivity contribution in [2.75, 3.05) is 0 Å². The largest absolute Gasteiger partial charge is 0.309 e. The lowest BCUT2D eigenvalue weighted by atomic mass is 9.98. The third-order valence-electron chi connectivity index (χ3n) is 25.8. The molecule has 25 rings (SSSR count). The van der Waals surface area contributed by atoms with Crippen molar-refractivity contribution in [1.29, 1.82) is 0 Å². The summed E-state index contributed by atoms with van der Waals surface area (Å²) in [4.78, 5) is 10.4. The zero-order chi connectivity index (χ0) is 86.0. The molecule has 0 aliphatic rings. The van der Waals surface area contributed by atoms with Crippen LogP contribution in [0.5, 0.6) is 0 Å². The Kier molecular flexibility index (Phi) is 19.2. The summed E-state index contributed by atoms with van der Waals surface area (Å²) >= 11 is 0. The number of rotatable bonds is 15. The first-order valence-corrected chi connectivity index (χ1v) is 44.5. The molecule has 0 saturated heterocycles. The van der Waals surface area contributed by atoms with E-state index in [1.165, 1.54) is 154 Å². The van der Waals surface area contributed by atoms with Gasteiger partial charge in [0.05, 0.1) is 66.9 Å². The molecule has 0 unspecified atom stereocenters. The maximum absolute atomic E-state index is 5.20. The molecule has 0 N–H and O–H groups in total. The highest BCUT2D eigenvalue weighted by atomic mass is 15.0. The second-order valence-corrected chi connectivity index (χ2v) is 33.6. The monoisotopic (exact) mass is 1650 g/mol. The van der Waals surface area contributed by atoms with Crippen molar-refractivity contribution in [3.8, 4) is 146 Å². The number of nitrogens with zero attached hydrogens (tertiary/aromatic N) is 6. The van der Waals surface area contributed by atoms with E-state index in [1.807, 2.05) is 12.1 Å². The zero-order valence-corrected chi connectivity index (χ0v) is 71.0. The lowest BCUT2D eigenvalue weighted by Crippen LogP contribution is -1.96. The number of pyridine rings is 2. The van der Waals surface area contributed by atoms with Gasteiger partial charge in [0.2, 0.25) is 0 Å².